The first kappa shape index (κ1) is 9.93. The molecule has 0 amide bonds. The summed E-state index contributed by atoms with van der Waals surface area (Å²) in [5.74, 6) is 1.07. The quantitative estimate of drug-likeness (QED) is 0.831. The summed E-state index contributed by atoms with van der Waals surface area (Å²) < 4.78 is 1.03. The van der Waals surface area contributed by atoms with Crippen molar-refractivity contribution in [1.82, 2.24) is 4.98 Å². The number of hydrogen-bond donors (Lipinski definition) is 1. The van der Waals surface area contributed by atoms with Gasteiger partial charge in [0.15, 0.2) is 0 Å². The average molecular weight is 256 g/mol. The molecule has 2 rings (SSSR count). The van der Waals surface area contributed by atoms with Crippen LogP contribution in [-0.2, 0) is 0 Å². The highest BCUT2D eigenvalue weighted by Crippen LogP contribution is 2.23. The largest absolute Gasteiger partial charge is 0.355 e. The van der Waals surface area contributed by atoms with E-state index in [9.17, 15) is 0 Å². The maximum atomic E-state index is 5.86. The Morgan fingerprint density at radius 3 is 3.00 bits per heavy atom. The molecule has 1 aliphatic rings. The molecule has 2 N–H and O–H groups in total. The van der Waals surface area contributed by atoms with E-state index in [2.05, 4.69) is 38.8 Å². The molecule has 0 spiro atoms. The van der Waals surface area contributed by atoms with Crippen molar-refractivity contribution in [2.45, 2.75) is 19.4 Å². The minimum absolute atomic E-state index is 0.305. The fourth-order valence-corrected chi connectivity index (χ4v) is 2.29. The van der Waals surface area contributed by atoms with Crippen molar-refractivity contribution in [3.8, 4) is 0 Å². The summed E-state index contributed by atoms with van der Waals surface area (Å²) in [6.45, 7) is 4.03. The highest BCUT2D eigenvalue weighted by Gasteiger charge is 2.21. The Morgan fingerprint density at radius 1 is 1.64 bits per heavy atom. The smallest absolute Gasteiger partial charge is 0.131 e. The zero-order valence-electron chi connectivity index (χ0n) is 8.20. The standard InChI is InChI=1S/C10H14BrN3/c1-7-4-8(11)5-13-10(7)14-3-2-9(12)6-14/h4-5,9H,2-3,6,12H2,1H3/t9-/m0/s1. The van der Waals surface area contributed by atoms with E-state index in [-0.39, 0.29) is 0 Å². The third-order valence-electron chi connectivity index (χ3n) is 2.54. The van der Waals surface area contributed by atoms with Gasteiger partial charge in [-0.15, -0.1) is 0 Å². The van der Waals surface area contributed by atoms with Crippen molar-refractivity contribution in [3.05, 3.63) is 22.3 Å². The van der Waals surface area contributed by atoms with Crippen LogP contribution in [0.15, 0.2) is 16.7 Å². The van der Waals surface area contributed by atoms with Crippen LogP contribution >= 0.6 is 15.9 Å². The van der Waals surface area contributed by atoms with Crippen LogP contribution in [0.1, 0.15) is 12.0 Å². The molecule has 0 aliphatic carbocycles. The topological polar surface area (TPSA) is 42.2 Å². The highest BCUT2D eigenvalue weighted by molar-refractivity contribution is 9.10. The van der Waals surface area contributed by atoms with Gasteiger partial charge >= 0.3 is 0 Å². The van der Waals surface area contributed by atoms with Gasteiger partial charge in [-0.25, -0.2) is 4.98 Å². The Morgan fingerprint density at radius 2 is 2.43 bits per heavy atom. The number of anilines is 1. The zero-order valence-corrected chi connectivity index (χ0v) is 9.79. The Balaban J connectivity index is 2.24. The molecule has 14 heavy (non-hydrogen) atoms. The van der Waals surface area contributed by atoms with E-state index in [0.717, 1.165) is 29.8 Å². The average Bonchev–Trinajstić information content (AvgIpc) is 2.51. The molecule has 0 saturated carbocycles. The summed E-state index contributed by atoms with van der Waals surface area (Å²) in [5, 5.41) is 0. The van der Waals surface area contributed by atoms with E-state index in [0.29, 0.717) is 6.04 Å². The maximum absolute atomic E-state index is 5.86. The zero-order chi connectivity index (χ0) is 10.1. The van der Waals surface area contributed by atoms with Crippen LogP contribution in [0.5, 0.6) is 0 Å². The molecule has 0 radical (unpaired) electrons. The molecular weight excluding hydrogens is 242 g/mol. The van der Waals surface area contributed by atoms with Crippen LogP contribution in [0.3, 0.4) is 0 Å². The van der Waals surface area contributed by atoms with Crippen LogP contribution in [0.4, 0.5) is 5.82 Å². The highest BCUT2D eigenvalue weighted by atomic mass is 79.9. The SMILES string of the molecule is Cc1cc(Br)cnc1N1CC[C@H](N)C1. The molecule has 1 fully saturated rings. The number of hydrogen-bond acceptors (Lipinski definition) is 3. The van der Waals surface area contributed by atoms with Gasteiger partial charge < -0.3 is 10.6 Å². The molecule has 76 valence electrons. The summed E-state index contributed by atoms with van der Waals surface area (Å²) in [6.07, 6.45) is 2.91. The van der Waals surface area contributed by atoms with E-state index >= 15 is 0 Å². The summed E-state index contributed by atoms with van der Waals surface area (Å²) in [5.41, 5.74) is 7.07. The fraction of sp³-hybridized carbons (Fsp3) is 0.500. The lowest BCUT2D eigenvalue weighted by atomic mass is 10.3. The number of nitrogens with zero attached hydrogens (tertiary/aromatic N) is 2. The van der Waals surface area contributed by atoms with E-state index in [1.165, 1.54) is 5.56 Å². The number of halogens is 1. The molecule has 3 nitrogen and oxygen atoms in total. The second kappa shape index (κ2) is 3.87. The molecule has 1 aromatic rings. The van der Waals surface area contributed by atoms with Gasteiger partial charge in [0.1, 0.15) is 5.82 Å². The Kier molecular flexibility index (Phi) is 2.74. The molecule has 0 aromatic carbocycles. The van der Waals surface area contributed by atoms with Crippen molar-refractivity contribution in [2.24, 2.45) is 5.73 Å². The summed E-state index contributed by atoms with van der Waals surface area (Å²) in [4.78, 5) is 6.67. The van der Waals surface area contributed by atoms with Crippen LogP contribution in [-0.4, -0.2) is 24.1 Å². The van der Waals surface area contributed by atoms with Gasteiger partial charge in [-0.1, -0.05) is 0 Å². The van der Waals surface area contributed by atoms with E-state index < -0.39 is 0 Å². The second-order valence-corrected chi connectivity index (χ2v) is 4.70. The van der Waals surface area contributed by atoms with Crippen molar-refractivity contribution >= 4 is 21.7 Å². The van der Waals surface area contributed by atoms with Gasteiger partial charge in [0.2, 0.25) is 0 Å². The number of rotatable bonds is 1. The first-order valence-electron chi connectivity index (χ1n) is 4.79. The van der Waals surface area contributed by atoms with Crippen LogP contribution < -0.4 is 10.6 Å². The summed E-state index contributed by atoms with van der Waals surface area (Å²) in [6, 6.07) is 2.39. The predicted molar refractivity (Wildman–Crippen MR) is 61.5 cm³/mol. The van der Waals surface area contributed by atoms with Gasteiger partial charge in [-0.2, -0.15) is 0 Å². The summed E-state index contributed by atoms with van der Waals surface area (Å²) in [7, 11) is 0. The normalized spacial score (nSPS) is 21.6. The number of aryl methyl sites for hydroxylation is 1. The van der Waals surface area contributed by atoms with E-state index in [4.69, 9.17) is 5.73 Å². The second-order valence-electron chi connectivity index (χ2n) is 3.79. The number of aromatic nitrogens is 1. The molecule has 1 saturated heterocycles. The van der Waals surface area contributed by atoms with Crippen LogP contribution in [0, 0.1) is 6.92 Å². The molecule has 0 bridgehead atoms. The van der Waals surface area contributed by atoms with Gasteiger partial charge in [0, 0.05) is 29.8 Å². The Bertz CT molecular complexity index is 340. The third-order valence-corrected chi connectivity index (χ3v) is 2.98. The van der Waals surface area contributed by atoms with Gasteiger partial charge in [-0.05, 0) is 40.9 Å². The lowest BCUT2D eigenvalue weighted by Gasteiger charge is -2.18. The first-order valence-corrected chi connectivity index (χ1v) is 5.59. The first-order chi connectivity index (χ1) is 6.66. The monoisotopic (exact) mass is 255 g/mol. The minimum atomic E-state index is 0.305. The number of nitrogens with two attached hydrogens (primary N) is 1. The van der Waals surface area contributed by atoms with Crippen molar-refractivity contribution in [1.29, 1.82) is 0 Å². The predicted octanol–water partition coefficient (Wildman–Crippen LogP) is 1.69. The van der Waals surface area contributed by atoms with E-state index in [1.807, 2.05) is 6.20 Å². The van der Waals surface area contributed by atoms with Crippen molar-refractivity contribution in [2.75, 3.05) is 18.0 Å². The lowest BCUT2D eigenvalue weighted by Crippen LogP contribution is -2.27. The molecule has 1 aromatic heterocycles. The molecular formula is C10H14BrN3. The fourth-order valence-electron chi connectivity index (χ4n) is 1.84. The Hall–Kier alpha value is -0.610. The van der Waals surface area contributed by atoms with Crippen LogP contribution in [0.2, 0.25) is 0 Å². The molecule has 2 heterocycles. The van der Waals surface area contributed by atoms with Crippen molar-refractivity contribution in [3.63, 3.8) is 0 Å². The van der Waals surface area contributed by atoms with Gasteiger partial charge in [-0.3, -0.25) is 0 Å². The Labute approximate surface area is 92.4 Å². The molecule has 1 atom stereocenters. The molecule has 0 unspecified atom stereocenters. The molecule has 1 aliphatic heterocycles. The molecule has 4 heteroatoms. The maximum Gasteiger partial charge on any atom is 0.131 e. The van der Waals surface area contributed by atoms with E-state index in [1.54, 1.807) is 0 Å². The summed E-state index contributed by atoms with van der Waals surface area (Å²) >= 11 is 3.41. The lowest BCUT2D eigenvalue weighted by molar-refractivity contribution is 0.751. The van der Waals surface area contributed by atoms with Gasteiger partial charge in [0.05, 0.1) is 0 Å². The minimum Gasteiger partial charge on any atom is -0.355 e. The van der Waals surface area contributed by atoms with Crippen LogP contribution in [0.25, 0.3) is 0 Å². The number of pyridine rings is 1. The third kappa shape index (κ3) is 1.91. The van der Waals surface area contributed by atoms with Gasteiger partial charge in [0.25, 0.3) is 0 Å². The van der Waals surface area contributed by atoms with Crippen molar-refractivity contribution < 1.29 is 0 Å².